The number of nitrogens with one attached hydrogen (secondary N) is 1. The minimum atomic E-state index is -0.147. The number of fused-ring (bicyclic) bond motifs is 1. The Labute approximate surface area is 210 Å². The van der Waals surface area contributed by atoms with Crippen LogP contribution < -0.4 is 15.1 Å². The Morgan fingerprint density at radius 3 is 2.08 bits per heavy atom. The Balaban J connectivity index is 1.55. The van der Waals surface area contributed by atoms with Crippen LogP contribution in [0.4, 0.5) is 11.9 Å². The van der Waals surface area contributed by atoms with Gasteiger partial charge in [-0.25, -0.2) is 4.98 Å². The average molecular weight is 496 g/mol. The van der Waals surface area contributed by atoms with Crippen molar-refractivity contribution in [2.24, 2.45) is 0 Å². The molecule has 1 amide bonds. The van der Waals surface area contributed by atoms with E-state index >= 15 is 0 Å². The van der Waals surface area contributed by atoms with E-state index in [1.54, 1.807) is 6.07 Å². The summed E-state index contributed by atoms with van der Waals surface area (Å²) in [5.41, 5.74) is 1.93. The maximum absolute atomic E-state index is 13.0. The van der Waals surface area contributed by atoms with Crippen molar-refractivity contribution in [2.75, 3.05) is 89.6 Å². The van der Waals surface area contributed by atoms with Crippen molar-refractivity contribution in [2.45, 2.75) is 6.92 Å². The lowest BCUT2D eigenvalue weighted by Crippen LogP contribution is -2.40. The predicted octanol–water partition coefficient (Wildman–Crippen LogP) is 0.484. The Morgan fingerprint density at radius 1 is 0.917 bits per heavy atom. The first-order valence-electron chi connectivity index (χ1n) is 12.3. The zero-order chi connectivity index (χ0) is 25.1. The maximum Gasteiger partial charge on any atom is 0.253 e. The molecule has 4 heterocycles. The van der Waals surface area contributed by atoms with Crippen LogP contribution >= 0.6 is 0 Å². The highest BCUT2D eigenvalue weighted by Crippen LogP contribution is 2.25. The number of amides is 1. The van der Waals surface area contributed by atoms with E-state index in [0.717, 1.165) is 12.1 Å². The van der Waals surface area contributed by atoms with Crippen LogP contribution in [0.1, 0.15) is 16.2 Å². The van der Waals surface area contributed by atoms with Gasteiger partial charge in [-0.2, -0.15) is 15.0 Å². The number of benzene rings is 1. The number of ether oxygens (including phenoxy) is 2. The molecule has 2 fully saturated rings. The van der Waals surface area contributed by atoms with Crippen LogP contribution in [0.15, 0.2) is 18.2 Å². The molecule has 0 aliphatic carbocycles. The fraction of sp³-hybridized carbons (Fsp3) is 0.542. The summed E-state index contributed by atoms with van der Waals surface area (Å²) in [7, 11) is 3.95. The average Bonchev–Trinajstić information content (AvgIpc) is 3.25. The lowest BCUT2D eigenvalue weighted by Gasteiger charge is -2.30. The van der Waals surface area contributed by atoms with Crippen LogP contribution in [0.3, 0.4) is 0 Å². The number of anilines is 2. The number of aryl methyl sites for hydroxylation is 1. The van der Waals surface area contributed by atoms with Gasteiger partial charge in [0.2, 0.25) is 17.8 Å². The molecule has 0 radical (unpaired) electrons. The molecule has 12 heteroatoms. The van der Waals surface area contributed by atoms with Gasteiger partial charge in [-0.05, 0) is 33.2 Å². The number of carbonyl (C=O) groups excluding carboxylic acids is 1. The topological polar surface area (TPSA) is 114 Å². The van der Waals surface area contributed by atoms with Crippen molar-refractivity contribution in [3.63, 3.8) is 0 Å². The first-order chi connectivity index (χ1) is 17.5. The zero-order valence-corrected chi connectivity index (χ0v) is 21.1. The Kier molecular flexibility index (Phi) is 7.25. The van der Waals surface area contributed by atoms with Gasteiger partial charge in [-0.1, -0.05) is 6.07 Å². The molecule has 2 aromatic heterocycles. The van der Waals surface area contributed by atoms with E-state index < -0.39 is 0 Å². The number of likely N-dealkylation sites (N-methyl/N-ethyl adjacent to an activating group) is 1. The zero-order valence-electron chi connectivity index (χ0n) is 21.1. The van der Waals surface area contributed by atoms with Gasteiger partial charge in [0.25, 0.3) is 5.91 Å². The van der Waals surface area contributed by atoms with E-state index in [9.17, 15) is 4.79 Å². The van der Waals surface area contributed by atoms with E-state index in [1.165, 1.54) is 0 Å². The van der Waals surface area contributed by atoms with Crippen LogP contribution in [-0.2, 0) is 9.47 Å². The number of carbonyl (C=O) groups is 1. The second-order valence-corrected chi connectivity index (χ2v) is 9.16. The summed E-state index contributed by atoms with van der Waals surface area (Å²) < 4.78 is 13.0. The third-order valence-electron chi connectivity index (χ3n) is 6.33. The number of morpholine rings is 2. The first kappa shape index (κ1) is 24.3. The minimum absolute atomic E-state index is 0.147. The molecule has 0 unspecified atom stereocenters. The van der Waals surface area contributed by atoms with E-state index in [-0.39, 0.29) is 5.91 Å². The molecule has 1 aromatic carbocycles. The molecule has 0 bridgehead atoms. The van der Waals surface area contributed by atoms with Crippen molar-refractivity contribution in [1.82, 2.24) is 34.7 Å². The van der Waals surface area contributed by atoms with Gasteiger partial charge in [0.05, 0.1) is 37.5 Å². The van der Waals surface area contributed by atoms with E-state index in [0.29, 0.717) is 93.9 Å². The molecular weight excluding hydrogens is 462 g/mol. The summed E-state index contributed by atoms with van der Waals surface area (Å²) in [5.74, 6) is 2.27. The van der Waals surface area contributed by atoms with Crippen LogP contribution in [0.5, 0.6) is 0 Å². The fourth-order valence-electron chi connectivity index (χ4n) is 4.39. The number of hydrogen-bond acceptors (Lipinski definition) is 10. The van der Waals surface area contributed by atoms with Gasteiger partial charge in [0, 0.05) is 39.3 Å². The largest absolute Gasteiger partial charge is 0.378 e. The van der Waals surface area contributed by atoms with Crippen molar-refractivity contribution < 1.29 is 14.3 Å². The molecule has 192 valence electrons. The van der Waals surface area contributed by atoms with Gasteiger partial charge >= 0.3 is 0 Å². The second-order valence-electron chi connectivity index (χ2n) is 9.16. The van der Waals surface area contributed by atoms with Gasteiger partial charge in [0.1, 0.15) is 11.3 Å². The van der Waals surface area contributed by atoms with Crippen LogP contribution in [0, 0.1) is 6.92 Å². The van der Waals surface area contributed by atoms with Gasteiger partial charge < -0.3 is 29.5 Å². The minimum Gasteiger partial charge on any atom is -0.378 e. The van der Waals surface area contributed by atoms with Gasteiger partial charge in [-0.3, -0.25) is 9.36 Å². The highest BCUT2D eigenvalue weighted by atomic mass is 16.5. The molecule has 0 saturated carbocycles. The van der Waals surface area contributed by atoms with Crippen LogP contribution in [0.25, 0.3) is 17.0 Å². The molecule has 12 nitrogen and oxygen atoms in total. The van der Waals surface area contributed by atoms with E-state index in [4.69, 9.17) is 29.4 Å². The molecule has 2 aliphatic rings. The summed E-state index contributed by atoms with van der Waals surface area (Å²) in [5, 5.41) is 2.99. The summed E-state index contributed by atoms with van der Waals surface area (Å²) in [6, 6.07) is 5.61. The summed E-state index contributed by atoms with van der Waals surface area (Å²) in [6.45, 7) is 8.61. The molecule has 36 heavy (non-hydrogen) atoms. The van der Waals surface area contributed by atoms with Crippen LogP contribution in [0.2, 0.25) is 0 Å². The number of hydrogen-bond donors (Lipinski definition) is 1. The Morgan fingerprint density at radius 2 is 1.50 bits per heavy atom. The Bertz CT molecular complexity index is 1180. The lowest BCUT2D eigenvalue weighted by atomic mass is 10.1. The molecule has 0 atom stereocenters. The normalized spacial score (nSPS) is 16.7. The highest BCUT2D eigenvalue weighted by molar-refractivity contribution is 6.05. The van der Waals surface area contributed by atoms with E-state index in [2.05, 4.69) is 15.1 Å². The molecule has 3 aromatic rings. The molecule has 1 N–H and O–H groups in total. The summed E-state index contributed by atoms with van der Waals surface area (Å²) >= 11 is 0. The highest BCUT2D eigenvalue weighted by Gasteiger charge is 2.24. The van der Waals surface area contributed by atoms with Crippen molar-refractivity contribution in [1.29, 1.82) is 0 Å². The molecule has 2 saturated heterocycles. The fourth-order valence-corrected chi connectivity index (χ4v) is 4.39. The monoisotopic (exact) mass is 495 g/mol. The second kappa shape index (κ2) is 10.7. The third-order valence-corrected chi connectivity index (χ3v) is 6.33. The smallest absolute Gasteiger partial charge is 0.253 e. The van der Waals surface area contributed by atoms with Crippen LogP contribution in [-0.4, -0.2) is 115 Å². The molecule has 0 spiro atoms. The van der Waals surface area contributed by atoms with E-state index in [1.807, 2.05) is 42.6 Å². The molecule has 2 aliphatic heterocycles. The number of nitrogens with zero attached hydrogens (tertiary/aromatic N) is 8. The van der Waals surface area contributed by atoms with Crippen molar-refractivity contribution >= 4 is 28.8 Å². The maximum atomic E-state index is 13.0. The number of imidazole rings is 1. The SMILES string of the molecule is Cc1nc2c(C(=O)NCCN(C)C)cccc2n1-c1nc(N2CCOCC2)nc(N2CCOCC2)n1. The predicted molar refractivity (Wildman–Crippen MR) is 136 cm³/mol. The van der Waals surface area contributed by atoms with Gasteiger partial charge in [-0.15, -0.1) is 0 Å². The number of para-hydroxylation sites is 1. The Hall–Kier alpha value is -3.35. The quantitative estimate of drug-likeness (QED) is 0.497. The molecular formula is C24H33N9O3. The van der Waals surface area contributed by atoms with Crippen molar-refractivity contribution in [3.05, 3.63) is 29.6 Å². The molecule has 5 rings (SSSR count). The standard InChI is InChI=1S/C24H33N9O3/c1-17-26-20-18(21(34)25-7-8-30(2)3)5-4-6-19(20)33(17)24-28-22(31-9-13-35-14-10-31)27-23(29-24)32-11-15-36-16-12-32/h4-6H,7-16H2,1-3H3,(H,25,34). The number of rotatable bonds is 7. The van der Waals surface area contributed by atoms with Gasteiger partial charge in [0.15, 0.2) is 0 Å². The van der Waals surface area contributed by atoms with Crippen molar-refractivity contribution in [3.8, 4) is 5.95 Å². The first-order valence-corrected chi connectivity index (χ1v) is 12.3. The third kappa shape index (κ3) is 5.11. The summed E-state index contributed by atoms with van der Waals surface area (Å²) in [6.07, 6.45) is 0. The number of aromatic nitrogens is 5. The summed E-state index contributed by atoms with van der Waals surface area (Å²) in [4.78, 5) is 38.5. The lowest BCUT2D eigenvalue weighted by molar-refractivity contribution is 0.0952.